The molecule has 0 aliphatic carbocycles. The van der Waals surface area contributed by atoms with Gasteiger partial charge in [0.25, 0.3) is 0 Å². The molecule has 0 unspecified atom stereocenters. The molecule has 0 spiro atoms. The number of hydrogen-bond donors (Lipinski definition) is 1. The normalized spacial score (nSPS) is 11.0. The fraction of sp³-hybridized carbons (Fsp3) is 0.273. The van der Waals surface area contributed by atoms with Crippen LogP contribution in [-0.4, -0.2) is 27.9 Å². The first-order valence-corrected chi connectivity index (χ1v) is 4.90. The van der Waals surface area contributed by atoms with Gasteiger partial charge in [-0.1, -0.05) is 6.07 Å². The van der Waals surface area contributed by atoms with Gasteiger partial charge >= 0.3 is 12.1 Å². The summed E-state index contributed by atoms with van der Waals surface area (Å²) in [6, 6.07) is 5.23. The number of ether oxygens (including phenoxy) is 1. The van der Waals surface area contributed by atoms with Crippen molar-refractivity contribution in [2.45, 2.75) is 20.0 Å². The van der Waals surface area contributed by atoms with Crippen molar-refractivity contribution in [1.29, 1.82) is 0 Å². The number of carbonyl (C=O) groups excluding carboxylic acids is 1. The largest absolute Gasteiger partial charge is 0.481 e. The molecule has 0 atom stereocenters. The number of pyridine rings is 1. The number of aliphatic imine (C=N–C) groups is 1. The Hall–Kier alpha value is -2.24. The van der Waals surface area contributed by atoms with Gasteiger partial charge in [-0.05, 0) is 19.1 Å². The van der Waals surface area contributed by atoms with Gasteiger partial charge in [-0.25, -0.2) is 4.79 Å². The Balaban J connectivity index is 2.43. The highest BCUT2D eigenvalue weighted by molar-refractivity contribution is 6.01. The molecular formula is C11H12N2O4. The van der Waals surface area contributed by atoms with Gasteiger partial charge < -0.3 is 9.84 Å². The van der Waals surface area contributed by atoms with Gasteiger partial charge in [-0.2, -0.15) is 4.99 Å². The average Bonchev–Trinajstić information content (AvgIpc) is 2.26. The predicted molar refractivity (Wildman–Crippen MR) is 59.8 cm³/mol. The fourth-order valence-corrected chi connectivity index (χ4v) is 1.07. The van der Waals surface area contributed by atoms with Gasteiger partial charge in [0.2, 0.25) is 0 Å². The fourth-order valence-electron chi connectivity index (χ4n) is 1.07. The SMILES string of the molecule is CC(CC(=O)O)=NC(=O)OCc1ccccn1. The maximum absolute atomic E-state index is 11.2. The number of carboxylic acid groups (broad SMARTS) is 1. The van der Waals surface area contributed by atoms with E-state index in [-0.39, 0.29) is 18.7 Å². The number of nitrogens with zero attached hydrogens (tertiary/aromatic N) is 2. The van der Waals surface area contributed by atoms with Gasteiger partial charge in [0.1, 0.15) is 6.61 Å². The van der Waals surface area contributed by atoms with Crippen molar-refractivity contribution in [3.8, 4) is 0 Å². The Bertz CT molecular complexity index is 428. The molecule has 0 saturated heterocycles. The van der Waals surface area contributed by atoms with E-state index in [1.54, 1.807) is 24.4 Å². The molecule has 0 aliphatic heterocycles. The van der Waals surface area contributed by atoms with Crippen LogP contribution in [0, 0.1) is 0 Å². The second-order valence-corrected chi connectivity index (χ2v) is 3.29. The third-order valence-electron chi connectivity index (χ3n) is 1.76. The van der Waals surface area contributed by atoms with E-state index in [4.69, 9.17) is 9.84 Å². The molecule has 1 aromatic rings. The third-order valence-corrected chi connectivity index (χ3v) is 1.76. The van der Waals surface area contributed by atoms with Crippen LogP contribution in [0.25, 0.3) is 0 Å². The average molecular weight is 236 g/mol. The van der Waals surface area contributed by atoms with Crippen molar-refractivity contribution >= 4 is 17.8 Å². The van der Waals surface area contributed by atoms with Gasteiger partial charge in [-0.3, -0.25) is 9.78 Å². The highest BCUT2D eigenvalue weighted by Crippen LogP contribution is 1.98. The lowest BCUT2D eigenvalue weighted by Crippen LogP contribution is -2.07. The molecular weight excluding hydrogens is 224 g/mol. The van der Waals surface area contributed by atoms with E-state index in [1.807, 2.05) is 0 Å². The van der Waals surface area contributed by atoms with Crippen LogP contribution in [0.15, 0.2) is 29.4 Å². The van der Waals surface area contributed by atoms with E-state index in [2.05, 4.69) is 9.98 Å². The zero-order chi connectivity index (χ0) is 12.7. The molecule has 0 radical (unpaired) electrons. The second-order valence-electron chi connectivity index (χ2n) is 3.29. The van der Waals surface area contributed by atoms with E-state index in [9.17, 15) is 9.59 Å². The van der Waals surface area contributed by atoms with Crippen LogP contribution in [0.3, 0.4) is 0 Å². The molecule has 0 aromatic carbocycles. The third kappa shape index (κ3) is 5.41. The highest BCUT2D eigenvalue weighted by Gasteiger charge is 2.05. The number of carbonyl (C=O) groups is 2. The molecule has 17 heavy (non-hydrogen) atoms. The first-order chi connectivity index (χ1) is 8.08. The molecule has 1 N–H and O–H groups in total. The molecule has 90 valence electrons. The van der Waals surface area contributed by atoms with Crippen molar-refractivity contribution in [2.75, 3.05) is 0 Å². The summed E-state index contributed by atoms with van der Waals surface area (Å²) in [6.07, 6.45) is 0.496. The van der Waals surface area contributed by atoms with E-state index in [0.29, 0.717) is 5.69 Å². The minimum absolute atomic E-state index is 0.0174. The van der Waals surface area contributed by atoms with Crippen molar-refractivity contribution < 1.29 is 19.4 Å². The maximum atomic E-state index is 11.2. The van der Waals surface area contributed by atoms with Crippen LogP contribution in [0.2, 0.25) is 0 Å². The number of rotatable bonds is 4. The van der Waals surface area contributed by atoms with Gasteiger partial charge in [0.05, 0.1) is 12.1 Å². The Labute approximate surface area is 98.0 Å². The maximum Gasteiger partial charge on any atom is 0.433 e. The smallest absolute Gasteiger partial charge is 0.433 e. The zero-order valence-corrected chi connectivity index (χ0v) is 9.29. The van der Waals surface area contributed by atoms with Crippen LogP contribution < -0.4 is 0 Å². The Morgan fingerprint density at radius 1 is 1.47 bits per heavy atom. The summed E-state index contributed by atoms with van der Waals surface area (Å²) < 4.78 is 4.80. The molecule has 0 bridgehead atoms. The molecule has 1 aromatic heterocycles. The lowest BCUT2D eigenvalue weighted by Gasteiger charge is -2.01. The zero-order valence-electron chi connectivity index (χ0n) is 9.29. The molecule has 0 aliphatic rings. The number of hydrogen-bond acceptors (Lipinski definition) is 4. The number of aromatic nitrogens is 1. The molecule has 1 heterocycles. The van der Waals surface area contributed by atoms with Gasteiger partial charge in [-0.15, -0.1) is 0 Å². The Morgan fingerprint density at radius 3 is 2.82 bits per heavy atom. The first kappa shape index (κ1) is 12.8. The minimum atomic E-state index is -1.04. The highest BCUT2D eigenvalue weighted by atomic mass is 16.5. The summed E-state index contributed by atoms with van der Waals surface area (Å²) in [7, 11) is 0. The summed E-state index contributed by atoms with van der Waals surface area (Å²) in [5.74, 6) is -1.04. The van der Waals surface area contributed by atoms with Gasteiger partial charge in [0.15, 0.2) is 0 Å². The van der Waals surface area contributed by atoms with E-state index in [0.717, 1.165) is 0 Å². The Kier molecular flexibility index (Phi) is 4.80. The van der Waals surface area contributed by atoms with Crippen LogP contribution in [-0.2, 0) is 16.1 Å². The van der Waals surface area contributed by atoms with Crippen LogP contribution >= 0.6 is 0 Å². The number of carboxylic acids is 1. The standard InChI is InChI=1S/C11H12N2O4/c1-8(6-10(14)15)13-11(16)17-7-9-4-2-3-5-12-9/h2-5H,6-7H2,1H3,(H,14,15). The van der Waals surface area contributed by atoms with E-state index in [1.165, 1.54) is 6.92 Å². The lowest BCUT2D eigenvalue weighted by atomic mass is 10.3. The number of amides is 1. The predicted octanol–water partition coefficient (Wildman–Crippen LogP) is 1.65. The van der Waals surface area contributed by atoms with E-state index >= 15 is 0 Å². The van der Waals surface area contributed by atoms with Crippen molar-refractivity contribution in [1.82, 2.24) is 4.98 Å². The van der Waals surface area contributed by atoms with E-state index < -0.39 is 12.1 Å². The molecule has 6 nitrogen and oxygen atoms in total. The summed E-state index contributed by atoms with van der Waals surface area (Å²) in [4.78, 5) is 28.9. The second kappa shape index (κ2) is 6.37. The molecule has 0 fully saturated rings. The molecule has 6 heteroatoms. The first-order valence-electron chi connectivity index (χ1n) is 4.90. The van der Waals surface area contributed by atoms with Crippen LogP contribution in [0.5, 0.6) is 0 Å². The summed E-state index contributed by atoms with van der Waals surface area (Å²) in [6.45, 7) is 1.47. The van der Waals surface area contributed by atoms with Crippen molar-refractivity contribution in [3.63, 3.8) is 0 Å². The Morgan fingerprint density at radius 2 is 2.24 bits per heavy atom. The van der Waals surface area contributed by atoms with Gasteiger partial charge in [0, 0.05) is 11.9 Å². The summed E-state index contributed by atoms with van der Waals surface area (Å²) in [5, 5.41) is 8.46. The summed E-state index contributed by atoms with van der Waals surface area (Å²) >= 11 is 0. The van der Waals surface area contributed by atoms with Crippen molar-refractivity contribution in [2.24, 2.45) is 4.99 Å². The minimum Gasteiger partial charge on any atom is -0.481 e. The van der Waals surface area contributed by atoms with Crippen molar-refractivity contribution in [3.05, 3.63) is 30.1 Å². The topological polar surface area (TPSA) is 88.8 Å². The van der Waals surface area contributed by atoms with Crippen LogP contribution in [0.4, 0.5) is 4.79 Å². The molecule has 1 rings (SSSR count). The summed E-state index contributed by atoms with van der Waals surface area (Å²) in [5.41, 5.74) is 0.801. The molecule has 0 saturated carbocycles. The molecule has 1 amide bonds. The number of aliphatic carboxylic acids is 1. The monoisotopic (exact) mass is 236 g/mol. The lowest BCUT2D eigenvalue weighted by molar-refractivity contribution is -0.135. The van der Waals surface area contributed by atoms with Crippen LogP contribution in [0.1, 0.15) is 19.0 Å². The quantitative estimate of drug-likeness (QED) is 0.803.